The Balaban J connectivity index is 2.45. The molecular weight excluding hydrogens is 285 g/mol. The number of oxime groups is 1. The summed E-state index contributed by atoms with van der Waals surface area (Å²) in [6.07, 6.45) is -1.15. The number of nitrogens with zero attached hydrogens (tertiary/aromatic N) is 1. The minimum absolute atomic E-state index is 0.0544. The van der Waals surface area contributed by atoms with Crippen molar-refractivity contribution in [3.05, 3.63) is 69.7 Å². The van der Waals surface area contributed by atoms with Crippen LogP contribution in [0.2, 0.25) is 10.0 Å². The molecule has 0 saturated heterocycles. The lowest BCUT2D eigenvalue weighted by atomic mass is 9.99. The van der Waals surface area contributed by atoms with Crippen LogP contribution >= 0.6 is 23.2 Å². The number of aliphatic hydroxyl groups excluding tert-OH is 1. The fourth-order valence-electron chi connectivity index (χ4n) is 1.77. The molecule has 0 saturated carbocycles. The zero-order chi connectivity index (χ0) is 13.8. The van der Waals surface area contributed by atoms with Crippen LogP contribution < -0.4 is 0 Å². The first-order valence-corrected chi connectivity index (χ1v) is 6.30. The summed E-state index contributed by atoms with van der Waals surface area (Å²) in [6.45, 7) is 0. The van der Waals surface area contributed by atoms with Crippen LogP contribution in [0.5, 0.6) is 0 Å². The lowest BCUT2D eigenvalue weighted by molar-refractivity contribution is 0.235. The van der Waals surface area contributed by atoms with Gasteiger partial charge in [-0.3, -0.25) is 0 Å². The van der Waals surface area contributed by atoms with Crippen molar-refractivity contribution in [3.63, 3.8) is 0 Å². The van der Waals surface area contributed by atoms with Gasteiger partial charge in [0.1, 0.15) is 11.8 Å². The maximum atomic E-state index is 10.3. The van der Waals surface area contributed by atoms with Crippen molar-refractivity contribution in [1.82, 2.24) is 0 Å². The van der Waals surface area contributed by atoms with E-state index in [-0.39, 0.29) is 5.71 Å². The summed E-state index contributed by atoms with van der Waals surface area (Å²) >= 11 is 12.1. The van der Waals surface area contributed by atoms with Crippen molar-refractivity contribution >= 4 is 28.9 Å². The Morgan fingerprint density at radius 3 is 2.11 bits per heavy atom. The largest absolute Gasteiger partial charge is 0.411 e. The van der Waals surface area contributed by atoms with E-state index in [1.54, 1.807) is 48.5 Å². The highest BCUT2D eigenvalue weighted by Crippen LogP contribution is 2.28. The van der Waals surface area contributed by atoms with E-state index in [2.05, 4.69) is 5.16 Å². The zero-order valence-corrected chi connectivity index (χ0v) is 11.3. The molecule has 98 valence electrons. The van der Waals surface area contributed by atoms with Crippen LogP contribution in [0.4, 0.5) is 0 Å². The predicted octanol–water partition coefficient (Wildman–Crippen LogP) is 3.91. The topological polar surface area (TPSA) is 52.8 Å². The van der Waals surface area contributed by atoms with Crippen molar-refractivity contribution in [1.29, 1.82) is 0 Å². The van der Waals surface area contributed by atoms with E-state index in [0.29, 0.717) is 21.2 Å². The molecule has 0 radical (unpaired) electrons. The summed E-state index contributed by atoms with van der Waals surface area (Å²) in [5.74, 6) is 0. The lowest BCUT2D eigenvalue weighted by Gasteiger charge is -2.15. The van der Waals surface area contributed by atoms with Crippen molar-refractivity contribution in [2.24, 2.45) is 5.16 Å². The Morgan fingerprint density at radius 1 is 0.947 bits per heavy atom. The van der Waals surface area contributed by atoms with Crippen molar-refractivity contribution in [3.8, 4) is 0 Å². The van der Waals surface area contributed by atoms with E-state index >= 15 is 0 Å². The molecule has 2 N–H and O–H groups in total. The summed E-state index contributed by atoms with van der Waals surface area (Å²) < 4.78 is 0. The highest BCUT2D eigenvalue weighted by molar-refractivity contribution is 6.35. The van der Waals surface area contributed by atoms with Gasteiger partial charge in [-0.05, 0) is 12.1 Å². The molecule has 1 atom stereocenters. The van der Waals surface area contributed by atoms with Gasteiger partial charge in [0.05, 0.1) is 0 Å². The van der Waals surface area contributed by atoms with Crippen molar-refractivity contribution in [2.75, 3.05) is 0 Å². The van der Waals surface area contributed by atoms with Gasteiger partial charge < -0.3 is 10.3 Å². The normalized spacial score (nSPS) is 13.3. The molecule has 0 aromatic heterocycles. The van der Waals surface area contributed by atoms with E-state index in [1.165, 1.54) is 0 Å². The first-order chi connectivity index (χ1) is 9.15. The molecule has 1 unspecified atom stereocenters. The highest BCUT2D eigenvalue weighted by atomic mass is 35.5. The predicted molar refractivity (Wildman–Crippen MR) is 76.2 cm³/mol. The average Bonchev–Trinajstić information content (AvgIpc) is 2.42. The Bertz CT molecular complexity index is 614. The van der Waals surface area contributed by atoms with Crippen LogP contribution in [0.1, 0.15) is 17.2 Å². The minimum atomic E-state index is -1.15. The van der Waals surface area contributed by atoms with Gasteiger partial charge in [-0.25, -0.2) is 0 Å². The highest BCUT2D eigenvalue weighted by Gasteiger charge is 2.21. The molecule has 0 aliphatic rings. The third kappa shape index (κ3) is 2.89. The van der Waals surface area contributed by atoms with Crippen LogP contribution in [-0.4, -0.2) is 16.0 Å². The summed E-state index contributed by atoms with van der Waals surface area (Å²) in [5.41, 5.74) is 0.967. The smallest absolute Gasteiger partial charge is 0.126 e. The second kappa shape index (κ2) is 6.06. The SMILES string of the molecule is ON=C(c1ccccc1Cl)C(O)c1ccccc1Cl. The molecule has 2 rings (SSSR count). The number of halogens is 2. The second-order valence-corrected chi connectivity index (χ2v) is 4.70. The third-order valence-electron chi connectivity index (χ3n) is 2.72. The molecule has 2 aromatic carbocycles. The number of hydrogen-bond acceptors (Lipinski definition) is 3. The summed E-state index contributed by atoms with van der Waals surface area (Å²) in [4.78, 5) is 0. The van der Waals surface area contributed by atoms with E-state index in [4.69, 9.17) is 28.4 Å². The Hall–Kier alpha value is -1.55. The first-order valence-electron chi connectivity index (χ1n) is 5.54. The fraction of sp³-hybridized carbons (Fsp3) is 0.0714. The molecule has 0 spiro atoms. The fourth-order valence-corrected chi connectivity index (χ4v) is 2.24. The number of benzene rings is 2. The molecule has 0 amide bonds. The number of rotatable bonds is 3. The Labute approximate surface area is 120 Å². The quantitative estimate of drug-likeness (QED) is 0.512. The Kier molecular flexibility index (Phi) is 4.43. The van der Waals surface area contributed by atoms with Gasteiger partial charge in [0.2, 0.25) is 0 Å². The third-order valence-corrected chi connectivity index (χ3v) is 3.39. The summed E-state index contributed by atoms with van der Waals surface area (Å²) in [6, 6.07) is 13.6. The zero-order valence-electron chi connectivity index (χ0n) is 9.79. The second-order valence-electron chi connectivity index (χ2n) is 3.89. The summed E-state index contributed by atoms with van der Waals surface area (Å²) in [5, 5.41) is 23.4. The monoisotopic (exact) mass is 295 g/mol. The van der Waals surface area contributed by atoms with Crippen molar-refractivity contribution in [2.45, 2.75) is 6.10 Å². The molecule has 3 nitrogen and oxygen atoms in total. The molecule has 2 aromatic rings. The van der Waals surface area contributed by atoms with E-state index in [1.807, 2.05) is 0 Å². The molecule has 0 bridgehead atoms. The number of hydrogen-bond donors (Lipinski definition) is 2. The maximum Gasteiger partial charge on any atom is 0.126 e. The van der Waals surface area contributed by atoms with Crippen LogP contribution in [0.25, 0.3) is 0 Å². The van der Waals surface area contributed by atoms with Gasteiger partial charge in [-0.15, -0.1) is 0 Å². The van der Waals surface area contributed by atoms with E-state index in [9.17, 15) is 5.11 Å². The molecule has 5 heteroatoms. The first kappa shape index (κ1) is 13.9. The maximum absolute atomic E-state index is 10.3. The van der Waals surface area contributed by atoms with Gasteiger partial charge in [-0.1, -0.05) is 64.8 Å². The van der Waals surface area contributed by atoms with Gasteiger partial charge in [0.15, 0.2) is 0 Å². The van der Waals surface area contributed by atoms with Gasteiger partial charge in [-0.2, -0.15) is 0 Å². The van der Waals surface area contributed by atoms with E-state index in [0.717, 1.165) is 0 Å². The van der Waals surface area contributed by atoms with Crippen LogP contribution in [0.15, 0.2) is 53.7 Å². The average molecular weight is 296 g/mol. The number of aliphatic hydroxyl groups is 1. The minimum Gasteiger partial charge on any atom is -0.411 e. The molecule has 19 heavy (non-hydrogen) atoms. The van der Waals surface area contributed by atoms with Crippen LogP contribution in [0, 0.1) is 0 Å². The Morgan fingerprint density at radius 2 is 1.53 bits per heavy atom. The molecular formula is C14H11Cl2NO2. The standard InChI is InChI=1S/C14H11Cl2NO2/c15-11-7-3-1-5-9(11)13(17-19)14(18)10-6-2-4-8-12(10)16/h1-8,14,18-19H. The lowest BCUT2D eigenvalue weighted by Crippen LogP contribution is -2.14. The van der Waals surface area contributed by atoms with Crippen LogP contribution in [-0.2, 0) is 0 Å². The van der Waals surface area contributed by atoms with Crippen molar-refractivity contribution < 1.29 is 10.3 Å². The molecule has 0 aliphatic carbocycles. The molecule has 0 aliphatic heterocycles. The molecule has 0 fully saturated rings. The van der Waals surface area contributed by atoms with Crippen LogP contribution in [0.3, 0.4) is 0 Å². The molecule has 0 heterocycles. The van der Waals surface area contributed by atoms with E-state index < -0.39 is 6.10 Å². The van der Waals surface area contributed by atoms with Gasteiger partial charge in [0, 0.05) is 21.2 Å². The van der Waals surface area contributed by atoms with Gasteiger partial charge in [0.25, 0.3) is 0 Å². The summed E-state index contributed by atoms with van der Waals surface area (Å²) in [7, 11) is 0. The van der Waals surface area contributed by atoms with Gasteiger partial charge >= 0.3 is 0 Å².